The van der Waals surface area contributed by atoms with E-state index in [1.54, 1.807) is 13.2 Å². The summed E-state index contributed by atoms with van der Waals surface area (Å²) in [6.07, 6.45) is 4.72. The average molecular weight is 312 g/mol. The number of piperidine rings is 1. The summed E-state index contributed by atoms with van der Waals surface area (Å²) < 4.78 is 5.31. The van der Waals surface area contributed by atoms with Crippen LogP contribution in [0.15, 0.2) is 36.7 Å². The van der Waals surface area contributed by atoms with Crippen LogP contribution in [0.3, 0.4) is 0 Å². The van der Waals surface area contributed by atoms with Crippen molar-refractivity contribution in [2.75, 3.05) is 25.5 Å². The lowest BCUT2D eigenvalue weighted by Crippen LogP contribution is -2.36. The number of methoxy groups -OCH3 is 1. The van der Waals surface area contributed by atoms with Gasteiger partial charge < -0.3 is 15.0 Å². The first kappa shape index (κ1) is 15.3. The van der Waals surface area contributed by atoms with E-state index in [1.807, 2.05) is 29.2 Å². The van der Waals surface area contributed by atoms with Crippen molar-refractivity contribution in [2.45, 2.75) is 19.3 Å². The highest BCUT2D eigenvalue weighted by molar-refractivity contribution is 5.93. The van der Waals surface area contributed by atoms with Crippen LogP contribution in [-0.2, 0) is 0 Å². The van der Waals surface area contributed by atoms with Crippen LogP contribution in [0.4, 0.5) is 11.5 Å². The fourth-order valence-electron chi connectivity index (χ4n) is 2.69. The number of nitrogens with one attached hydrogen (secondary N) is 1. The van der Waals surface area contributed by atoms with E-state index in [-0.39, 0.29) is 5.91 Å². The molecule has 1 N–H and O–H groups in total. The molecular formula is C17H20N4O2. The van der Waals surface area contributed by atoms with Gasteiger partial charge in [0, 0.05) is 19.2 Å². The van der Waals surface area contributed by atoms with Crippen LogP contribution in [-0.4, -0.2) is 41.0 Å². The summed E-state index contributed by atoms with van der Waals surface area (Å²) in [5, 5.41) is 3.17. The smallest absolute Gasteiger partial charge is 0.272 e. The molecule has 6 nitrogen and oxygen atoms in total. The number of nitrogens with zero attached hydrogens (tertiary/aromatic N) is 3. The number of carbonyl (C=O) groups is 1. The van der Waals surface area contributed by atoms with Crippen molar-refractivity contribution in [3.63, 3.8) is 0 Å². The zero-order valence-corrected chi connectivity index (χ0v) is 13.2. The molecule has 2 heterocycles. The van der Waals surface area contributed by atoms with Crippen molar-refractivity contribution < 1.29 is 9.53 Å². The minimum atomic E-state index is -0.0322. The Morgan fingerprint density at radius 1 is 1.17 bits per heavy atom. The molecular weight excluding hydrogens is 292 g/mol. The first-order valence-electron chi connectivity index (χ1n) is 7.79. The maximum absolute atomic E-state index is 12.5. The van der Waals surface area contributed by atoms with Gasteiger partial charge in [0.05, 0.1) is 12.8 Å². The first-order valence-corrected chi connectivity index (χ1v) is 7.79. The molecule has 0 radical (unpaired) electrons. The summed E-state index contributed by atoms with van der Waals surface area (Å²) in [5.41, 5.74) is 1.21. The fraction of sp³-hybridized carbons (Fsp3) is 0.353. The third kappa shape index (κ3) is 3.59. The molecule has 1 amide bonds. The molecule has 0 unspecified atom stereocenters. The number of hydrogen-bond donors (Lipinski definition) is 1. The summed E-state index contributed by atoms with van der Waals surface area (Å²) in [6.45, 7) is 1.61. The maximum Gasteiger partial charge on any atom is 0.272 e. The Morgan fingerprint density at radius 3 is 2.74 bits per heavy atom. The molecule has 23 heavy (non-hydrogen) atoms. The van der Waals surface area contributed by atoms with E-state index in [9.17, 15) is 4.79 Å². The van der Waals surface area contributed by atoms with Crippen LogP contribution in [0.5, 0.6) is 5.75 Å². The summed E-state index contributed by atoms with van der Waals surface area (Å²) in [6, 6.07) is 9.25. The van der Waals surface area contributed by atoms with E-state index in [2.05, 4.69) is 15.3 Å². The number of aromatic nitrogens is 2. The van der Waals surface area contributed by atoms with E-state index >= 15 is 0 Å². The maximum atomic E-state index is 12.5. The molecule has 0 atom stereocenters. The molecule has 0 bridgehead atoms. The monoisotopic (exact) mass is 312 g/mol. The van der Waals surface area contributed by atoms with Gasteiger partial charge in [-0.05, 0) is 31.4 Å². The van der Waals surface area contributed by atoms with Crippen molar-refractivity contribution in [3.8, 4) is 5.75 Å². The van der Waals surface area contributed by atoms with Gasteiger partial charge in [0.25, 0.3) is 5.91 Å². The average Bonchev–Trinajstić information content (AvgIpc) is 2.62. The summed E-state index contributed by atoms with van der Waals surface area (Å²) >= 11 is 0. The van der Waals surface area contributed by atoms with Gasteiger partial charge in [0.2, 0.25) is 0 Å². The molecule has 120 valence electrons. The van der Waals surface area contributed by atoms with Gasteiger partial charge >= 0.3 is 0 Å². The molecule has 2 aromatic rings. The summed E-state index contributed by atoms with van der Waals surface area (Å²) in [4.78, 5) is 22.7. The second kappa shape index (κ2) is 7.09. The van der Waals surface area contributed by atoms with Gasteiger partial charge in [0.1, 0.15) is 23.6 Å². The third-order valence-electron chi connectivity index (χ3n) is 3.90. The lowest BCUT2D eigenvalue weighted by Gasteiger charge is -2.26. The molecule has 3 rings (SSSR count). The van der Waals surface area contributed by atoms with Gasteiger partial charge in [0.15, 0.2) is 0 Å². The number of hydrogen-bond acceptors (Lipinski definition) is 5. The van der Waals surface area contributed by atoms with Crippen LogP contribution < -0.4 is 10.1 Å². The Balaban J connectivity index is 1.78. The minimum Gasteiger partial charge on any atom is -0.495 e. The molecule has 0 spiro atoms. The highest BCUT2D eigenvalue weighted by Gasteiger charge is 2.19. The highest BCUT2D eigenvalue weighted by Crippen LogP contribution is 2.26. The molecule has 6 heteroatoms. The highest BCUT2D eigenvalue weighted by atomic mass is 16.5. The van der Waals surface area contributed by atoms with Gasteiger partial charge in [-0.2, -0.15) is 0 Å². The van der Waals surface area contributed by atoms with Gasteiger partial charge in [-0.25, -0.2) is 9.97 Å². The number of anilines is 2. The molecule has 1 aliphatic rings. The number of para-hydroxylation sites is 2. The number of benzene rings is 1. The predicted octanol–water partition coefficient (Wildman–Crippen LogP) is 2.85. The van der Waals surface area contributed by atoms with Gasteiger partial charge in [-0.15, -0.1) is 0 Å². The van der Waals surface area contributed by atoms with E-state index in [0.29, 0.717) is 11.5 Å². The second-order valence-corrected chi connectivity index (χ2v) is 5.47. The Kier molecular flexibility index (Phi) is 4.71. The topological polar surface area (TPSA) is 67.3 Å². The standard InChI is InChI=1S/C17H20N4O2/c1-23-15-8-4-3-7-13(15)20-16-11-14(18-12-19-16)17(22)21-9-5-2-6-10-21/h3-4,7-8,11-12H,2,5-6,9-10H2,1H3,(H,18,19,20). The third-order valence-corrected chi connectivity index (χ3v) is 3.90. The van der Waals surface area contributed by atoms with Crippen LogP contribution in [0.1, 0.15) is 29.8 Å². The van der Waals surface area contributed by atoms with E-state index in [1.165, 1.54) is 12.7 Å². The Morgan fingerprint density at radius 2 is 1.96 bits per heavy atom. The first-order chi connectivity index (χ1) is 11.3. The zero-order chi connectivity index (χ0) is 16.1. The normalized spacial score (nSPS) is 14.4. The lowest BCUT2D eigenvalue weighted by molar-refractivity contribution is 0.0718. The SMILES string of the molecule is COc1ccccc1Nc1cc(C(=O)N2CCCCC2)ncn1. The van der Waals surface area contributed by atoms with E-state index < -0.39 is 0 Å². The number of rotatable bonds is 4. The van der Waals surface area contributed by atoms with Crippen LogP contribution in [0, 0.1) is 0 Å². The van der Waals surface area contributed by atoms with Crippen LogP contribution >= 0.6 is 0 Å². The van der Waals surface area contributed by atoms with Crippen molar-refractivity contribution in [1.29, 1.82) is 0 Å². The second-order valence-electron chi connectivity index (χ2n) is 5.47. The number of amides is 1. The van der Waals surface area contributed by atoms with Gasteiger partial charge in [-0.3, -0.25) is 4.79 Å². The molecule has 1 aliphatic heterocycles. The largest absolute Gasteiger partial charge is 0.495 e. The zero-order valence-electron chi connectivity index (χ0n) is 13.2. The van der Waals surface area contributed by atoms with Crippen molar-refractivity contribution in [1.82, 2.24) is 14.9 Å². The molecule has 1 aromatic carbocycles. The minimum absolute atomic E-state index is 0.0322. The van der Waals surface area contributed by atoms with Crippen LogP contribution in [0.2, 0.25) is 0 Å². The van der Waals surface area contributed by atoms with Crippen molar-refractivity contribution in [2.24, 2.45) is 0 Å². The molecule has 0 saturated carbocycles. The lowest BCUT2D eigenvalue weighted by atomic mass is 10.1. The number of likely N-dealkylation sites (tertiary alicyclic amines) is 1. The Bertz CT molecular complexity index is 684. The number of ether oxygens (including phenoxy) is 1. The number of carbonyl (C=O) groups excluding carboxylic acids is 1. The molecule has 1 saturated heterocycles. The quantitative estimate of drug-likeness (QED) is 0.940. The van der Waals surface area contributed by atoms with Crippen molar-refractivity contribution in [3.05, 3.63) is 42.4 Å². The van der Waals surface area contributed by atoms with E-state index in [4.69, 9.17) is 4.74 Å². The molecule has 1 fully saturated rings. The fourth-order valence-corrected chi connectivity index (χ4v) is 2.69. The Labute approximate surface area is 135 Å². The Hall–Kier alpha value is -2.63. The van der Waals surface area contributed by atoms with Crippen molar-refractivity contribution >= 4 is 17.4 Å². The summed E-state index contributed by atoms with van der Waals surface area (Å²) in [7, 11) is 1.62. The van der Waals surface area contributed by atoms with Crippen LogP contribution in [0.25, 0.3) is 0 Å². The van der Waals surface area contributed by atoms with E-state index in [0.717, 1.165) is 37.4 Å². The molecule has 0 aliphatic carbocycles. The van der Waals surface area contributed by atoms with Gasteiger partial charge in [-0.1, -0.05) is 12.1 Å². The molecule has 1 aromatic heterocycles. The summed E-state index contributed by atoms with van der Waals surface area (Å²) in [5.74, 6) is 1.26. The predicted molar refractivity (Wildman–Crippen MR) is 88.1 cm³/mol.